The Morgan fingerprint density at radius 1 is 1.25 bits per heavy atom. The lowest BCUT2D eigenvalue weighted by atomic mass is 10.2. The van der Waals surface area contributed by atoms with E-state index in [-0.39, 0.29) is 5.56 Å². The Bertz CT molecular complexity index is 918. The Labute approximate surface area is 140 Å². The molecule has 6 nitrogen and oxygen atoms in total. The van der Waals surface area contributed by atoms with Crippen molar-refractivity contribution in [1.29, 1.82) is 0 Å². The van der Waals surface area contributed by atoms with E-state index in [2.05, 4.69) is 4.74 Å². The van der Waals surface area contributed by atoms with E-state index in [9.17, 15) is 27.1 Å². The number of carbonyl (C=O) groups excluding carboxylic acids is 1. The third kappa shape index (κ3) is 3.57. The lowest BCUT2D eigenvalue weighted by molar-refractivity contribution is 0.0600. The highest BCUT2D eigenvalue weighted by Gasteiger charge is 2.25. The summed E-state index contributed by atoms with van der Waals surface area (Å²) >= 11 is 5.71. The molecule has 0 saturated carbocycles. The van der Waals surface area contributed by atoms with Gasteiger partial charge >= 0.3 is 5.97 Å². The molecule has 0 heterocycles. The molecule has 0 fully saturated rings. The van der Waals surface area contributed by atoms with E-state index in [4.69, 9.17) is 11.6 Å². The lowest BCUT2D eigenvalue weighted by Crippen LogP contribution is -2.15. The molecule has 0 aliphatic rings. The van der Waals surface area contributed by atoms with Crippen LogP contribution in [0, 0.1) is 11.6 Å². The number of rotatable bonds is 4. The van der Waals surface area contributed by atoms with E-state index >= 15 is 0 Å². The number of anilines is 1. The van der Waals surface area contributed by atoms with E-state index in [1.54, 1.807) is 0 Å². The number of phenols is 1. The molecular formula is C14H10ClF2NO5S. The first-order valence-corrected chi connectivity index (χ1v) is 8.10. The highest BCUT2D eigenvalue weighted by atomic mass is 35.5. The summed E-state index contributed by atoms with van der Waals surface area (Å²) in [6.45, 7) is 0. The number of hydrogen-bond donors (Lipinski definition) is 2. The normalized spacial score (nSPS) is 11.2. The second kappa shape index (κ2) is 6.62. The molecule has 0 amide bonds. The van der Waals surface area contributed by atoms with Crippen molar-refractivity contribution in [3.63, 3.8) is 0 Å². The van der Waals surface area contributed by atoms with Crippen molar-refractivity contribution in [1.82, 2.24) is 0 Å². The molecule has 2 aromatic rings. The number of carbonyl (C=O) groups is 1. The molecule has 2 N–H and O–H groups in total. The maximum atomic E-state index is 13.6. The first kappa shape index (κ1) is 18.0. The largest absolute Gasteiger partial charge is 0.505 e. The highest BCUT2D eigenvalue weighted by molar-refractivity contribution is 7.92. The van der Waals surface area contributed by atoms with Crippen molar-refractivity contribution >= 4 is 33.3 Å². The second-order valence-corrected chi connectivity index (χ2v) is 6.58. The maximum absolute atomic E-state index is 13.6. The average Bonchev–Trinajstić information content (AvgIpc) is 2.51. The first-order valence-electron chi connectivity index (χ1n) is 6.24. The van der Waals surface area contributed by atoms with Crippen molar-refractivity contribution in [2.45, 2.75) is 4.90 Å². The summed E-state index contributed by atoms with van der Waals surface area (Å²) in [6, 6.07) is 4.02. The quantitative estimate of drug-likeness (QED) is 0.799. The van der Waals surface area contributed by atoms with E-state index in [0.717, 1.165) is 31.4 Å². The topological polar surface area (TPSA) is 92.7 Å². The molecule has 10 heteroatoms. The van der Waals surface area contributed by atoms with Crippen molar-refractivity contribution in [2.24, 2.45) is 0 Å². The summed E-state index contributed by atoms with van der Waals surface area (Å²) in [5.41, 5.74) is -0.782. The molecule has 24 heavy (non-hydrogen) atoms. The monoisotopic (exact) mass is 377 g/mol. The summed E-state index contributed by atoms with van der Waals surface area (Å²) in [7, 11) is -3.45. The zero-order chi connectivity index (χ0) is 18.1. The van der Waals surface area contributed by atoms with E-state index in [0.29, 0.717) is 6.07 Å². The van der Waals surface area contributed by atoms with Gasteiger partial charge in [0.15, 0.2) is 5.75 Å². The Morgan fingerprint density at radius 2 is 1.92 bits per heavy atom. The van der Waals surface area contributed by atoms with Crippen LogP contribution in [0.5, 0.6) is 5.75 Å². The minimum atomic E-state index is -4.52. The SMILES string of the molecule is COC(=O)c1cc(Cl)c(O)c(S(=O)(=O)Nc2ccc(F)cc2F)c1. The van der Waals surface area contributed by atoms with Crippen molar-refractivity contribution < 1.29 is 31.8 Å². The number of aromatic hydroxyl groups is 1. The number of hydrogen-bond acceptors (Lipinski definition) is 5. The Morgan fingerprint density at radius 3 is 2.50 bits per heavy atom. The molecule has 128 valence electrons. The third-order valence-electron chi connectivity index (χ3n) is 2.91. The summed E-state index contributed by atoms with van der Waals surface area (Å²) < 4.78 is 57.4. The van der Waals surface area contributed by atoms with Gasteiger partial charge in [0.2, 0.25) is 0 Å². The lowest BCUT2D eigenvalue weighted by Gasteiger charge is -2.12. The fourth-order valence-electron chi connectivity index (χ4n) is 1.79. The summed E-state index contributed by atoms with van der Waals surface area (Å²) in [5, 5.41) is 9.43. The second-order valence-electron chi connectivity index (χ2n) is 4.53. The predicted molar refractivity (Wildman–Crippen MR) is 81.6 cm³/mol. The van der Waals surface area contributed by atoms with Crippen LogP contribution in [0.3, 0.4) is 0 Å². The van der Waals surface area contributed by atoms with Crippen LogP contribution in [0.25, 0.3) is 0 Å². The number of phenolic OH excluding ortho intramolecular Hbond substituents is 1. The van der Waals surface area contributed by atoms with E-state index in [1.165, 1.54) is 0 Å². The van der Waals surface area contributed by atoms with Crippen LogP contribution in [-0.2, 0) is 14.8 Å². The standard InChI is InChI=1S/C14H10ClF2NO5S/c1-23-14(20)7-4-9(15)13(19)12(5-7)24(21,22)18-11-3-2-8(16)6-10(11)17/h2-6,18-19H,1H3. The van der Waals surface area contributed by atoms with Gasteiger partial charge in [-0.25, -0.2) is 22.0 Å². The third-order valence-corrected chi connectivity index (χ3v) is 4.58. The molecule has 0 aromatic heterocycles. The first-order chi connectivity index (χ1) is 11.2. The fraction of sp³-hybridized carbons (Fsp3) is 0.0714. The van der Waals surface area contributed by atoms with Crippen LogP contribution in [0.4, 0.5) is 14.5 Å². The van der Waals surface area contributed by atoms with Crippen molar-refractivity contribution in [2.75, 3.05) is 11.8 Å². The van der Waals surface area contributed by atoms with Crippen LogP contribution in [0.1, 0.15) is 10.4 Å². The number of nitrogens with one attached hydrogen (secondary N) is 1. The number of esters is 1. The molecule has 0 aliphatic heterocycles. The molecule has 0 radical (unpaired) electrons. The molecule has 0 bridgehead atoms. The average molecular weight is 378 g/mol. The summed E-state index contributed by atoms with van der Waals surface area (Å²) in [6.07, 6.45) is 0. The number of sulfonamides is 1. The Balaban J connectivity index is 2.52. The van der Waals surface area contributed by atoms with Gasteiger partial charge in [-0.2, -0.15) is 0 Å². The molecule has 2 rings (SSSR count). The summed E-state index contributed by atoms with van der Waals surface area (Å²) in [5.74, 6) is -3.78. The van der Waals surface area contributed by atoms with Gasteiger partial charge in [-0.15, -0.1) is 0 Å². The molecule has 0 unspecified atom stereocenters. The zero-order valence-corrected chi connectivity index (χ0v) is 13.6. The van der Waals surface area contributed by atoms with Gasteiger partial charge in [0.05, 0.1) is 23.4 Å². The number of halogens is 3. The molecule has 0 aliphatic carbocycles. The number of methoxy groups -OCH3 is 1. The van der Waals surface area contributed by atoms with Crippen molar-refractivity contribution in [3.05, 3.63) is 52.6 Å². The molecule has 0 atom stereocenters. The Kier molecular flexibility index (Phi) is 4.95. The Hall–Kier alpha value is -2.39. The van der Waals surface area contributed by atoms with Crippen LogP contribution < -0.4 is 4.72 Å². The maximum Gasteiger partial charge on any atom is 0.337 e. The van der Waals surface area contributed by atoms with Crippen LogP contribution in [0.2, 0.25) is 5.02 Å². The van der Waals surface area contributed by atoms with E-state index < -0.39 is 49.0 Å². The van der Waals surface area contributed by atoms with Gasteiger partial charge in [0.25, 0.3) is 10.0 Å². The number of benzene rings is 2. The summed E-state index contributed by atoms with van der Waals surface area (Å²) in [4.78, 5) is 10.8. The van der Waals surface area contributed by atoms with Gasteiger partial charge in [-0.3, -0.25) is 4.72 Å². The molecule has 0 saturated heterocycles. The minimum absolute atomic E-state index is 0.236. The molecular weight excluding hydrogens is 368 g/mol. The van der Waals surface area contributed by atoms with Gasteiger partial charge in [0, 0.05) is 6.07 Å². The van der Waals surface area contributed by atoms with Gasteiger partial charge < -0.3 is 9.84 Å². The van der Waals surface area contributed by atoms with E-state index in [1.807, 2.05) is 4.72 Å². The highest BCUT2D eigenvalue weighted by Crippen LogP contribution is 2.34. The fourth-order valence-corrected chi connectivity index (χ4v) is 3.27. The minimum Gasteiger partial charge on any atom is -0.505 e. The smallest absolute Gasteiger partial charge is 0.337 e. The molecule has 2 aromatic carbocycles. The molecule has 0 spiro atoms. The number of ether oxygens (including phenoxy) is 1. The zero-order valence-electron chi connectivity index (χ0n) is 12.0. The van der Waals surface area contributed by atoms with Crippen LogP contribution in [-0.4, -0.2) is 26.6 Å². The van der Waals surface area contributed by atoms with Gasteiger partial charge in [-0.05, 0) is 24.3 Å². The van der Waals surface area contributed by atoms with Crippen molar-refractivity contribution in [3.8, 4) is 5.75 Å². The van der Waals surface area contributed by atoms with Gasteiger partial charge in [-0.1, -0.05) is 11.6 Å². The van der Waals surface area contributed by atoms with Crippen LogP contribution >= 0.6 is 11.6 Å². The van der Waals surface area contributed by atoms with Crippen LogP contribution in [0.15, 0.2) is 35.2 Å². The predicted octanol–water partition coefficient (Wildman–Crippen LogP) is 2.91. The van der Waals surface area contributed by atoms with Gasteiger partial charge in [0.1, 0.15) is 16.5 Å².